The number of benzene rings is 1. The standard InChI is InChI=1S/C13H19NO2S/c1-10-4-5-12(8-11(10)2)9-14(13-6-7-13)17(3,15)16/h4-5,8,13H,6-7,9H2,1-3H3. The Morgan fingerprint density at radius 1 is 1.24 bits per heavy atom. The van der Waals surface area contributed by atoms with Crippen molar-refractivity contribution >= 4 is 10.0 Å². The monoisotopic (exact) mass is 253 g/mol. The van der Waals surface area contributed by atoms with Crippen LogP contribution in [0.15, 0.2) is 18.2 Å². The van der Waals surface area contributed by atoms with Crippen molar-refractivity contribution in [3.8, 4) is 0 Å². The van der Waals surface area contributed by atoms with Gasteiger partial charge in [-0.05, 0) is 43.4 Å². The second kappa shape index (κ2) is 4.42. The second-order valence-electron chi connectivity index (χ2n) is 4.96. The molecule has 0 bridgehead atoms. The average molecular weight is 253 g/mol. The number of hydrogen-bond donors (Lipinski definition) is 0. The molecule has 0 amide bonds. The van der Waals surface area contributed by atoms with Crippen molar-refractivity contribution in [3.05, 3.63) is 34.9 Å². The molecule has 0 N–H and O–H groups in total. The topological polar surface area (TPSA) is 37.4 Å². The Morgan fingerprint density at radius 2 is 1.88 bits per heavy atom. The summed E-state index contributed by atoms with van der Waals surface area (Å²) in [7, 11) is -3.09. The van der Waals surface area contributed by atoms with E-state index in [0.29, 0.717) is 6.54 Å². The van der Waals surface area contributed by atoms with Gasteiger partial charge in [0.2, 0.25) is 10.0 Å². The zero-order chi connectivity index (χ0) is 12.6. The lowest BCUT2D eigenvalue weighted by molar-refractivity contribution is 0.402. The van der Waals surface area contributed by atoms with E-state index in [2.05, 4.69) is 26.0 Å². The fraction of sp³-hybridized carbons (Fsp3) is 0.538. The number of nitrogens with zero attached hydrogens (tertiary/aromatic N) is 1. The Balaban J connectivity index is 2.20. The van der Waals surface area contributed by atoms with Crippen molar-refractivity contribution in [2.75, 3.05) is 6.26 Å². The van der Waals surface area contributed by atoms with E-state index in [4.69, 9.17) is 0 Å². The van der Waals surface area contributed by atoms with Gasteiger partial charge in [-0.2, -0.15) is 4.31 Å². The normalized spacial score (nSPS) is 16.5. The highest BCUT2D eigenvalue weighted by Gasteiger charge is 2.34. The fourth-order valence-electron chi connectivity index (χ4n) is 1.96. The highest BCUT2D eigenvalue weighted by atomic mass is 32.2. The molecule has 0 aromatic heterocycles. The zero-order valence-corrected chi connectivity index (χ0v) is 11.4. The van der Waals surface area contributed by atoms with E-state index >= 15 is 0 Å². The lowest BCUT2D eigenvalue weighted by atomic mass is 10.1. The van der Waals surface area contributed by atoms with Gasteiger partial charge in [-0.25, -0.2) is 8.42 Å². The summed E-state index contributed by atoms with van der Waals surface area (Å²) in [5.74, 6) is 0. The molecular weight excluding hydrogens is 234 g/mol. The first kappa shape index (κ1) is 12.6. The van der Waals surface area contributed by atoms with Crippen LogP contribution in [0.5, 0.6) is 0 Å². The Labute approximate surface area is 104 Å². The molecule has 3 nitrogen and oxygen atoms in total. The molecule has 17 heavy (non-hydrogen) atoms. The van der Waals surface area contributed by atoms with Crippen LogP contribution in [0.25, 0.3) is 0 Å². The van der Waals surface area contributed by atoms with Crippen LogP contribution in [0.4, 0.5) is 0 Å². The van der Waals surface area contributed by atoms with E-state index in [-0.39, 0.29) is 6.04 Å². The largest absolute Gasteiger partial charge is 0.212 e. The van der Waals surface area contributed by atoms with Crippen molar-refractivity contribution in [3.63, 3.8) is 0 Å². The lowest BCUT2D eigenvalue weighted by Crippen LogP contribution is -2.31. The molecule has 2 rings (SSSR count). The number of hydrogen-bond acceptors (Lipinski definition) is 2. The van der Waals surface area contributed by atoms with Gasteiger partial charge in [0.05, 0.1) is 6.26 Å². The predicted molar refractivity (Wildman–Crippen MR) is 69.3 cm³/mol. The van der Waals surface area contributed by atoms with Gasteiger partial charge < -0.3 is 0 Å². The van der Waals surface area contributed by atoms with E-state index in [1.54, 1.807) is 4.31 Å². The highest BCUT2D eigenvalue weighted by Crippen LogP contribution is 2.30. The highest BCUT2D eigenvalue weighted by molar-refractivity contribution is 7.88. The van der Waals surface area contributed by atoms with Gasteiger partial charge in [0.25, 0.3) is 0 Å². The SMILES string of the molecule is Cc1ccc(CN(C2CC2)S(C)(=O)=O)cc1C. The molecule has 1 aromatic rings. The molecule has 1 aliphatic carbocycles. The average Bonchev–Trinajstić information content (AvgIpc) is 3.01. The molecule has 1 aromatic carbocycles. The summed E-state index contributed by atoms with van der Waals surface area (Å²) < 4.78 is 25.0. The maximum absolute atomic E-state index is 11.7. The number of rotatable bonds is 4. The van der Waals surface area contributed by atoms with Crippen LogP contribution in [-0.2, 0) is 16.6 Å². The summed E-state index contributed by atoms with van der Waals surface area (Å²) in [4.78, 5) is 0. The van der Waals surface area contributed by atoms with Gasteiger partial charge in [0.1, 0.15) is 0 Å². The summed E-state index contributed by atoms with van der Waals surface area (Å²) in [6, 6.07) is 6.38. The number of aryl methyl sites for hydroxylation is 2. The van der Waals surface area contributed by atoms with Crippen LogP contribution in [0.3, 0.4) is 0 Å². The molecule has 1 saturated carbocycles. The summed E-state index contributed by atoms with van der Waals surface area (Å²) in [6.45, 7) is 4.62. The molecule has 1 aliphatic rings. The molecule has 0 saturated heterocycles. The van der Waals surface area contributed by atoms with E-state index in [1.807, 2.05) is 6.07 Å². The molecule has 0 aliphatic heterocycles. The van der Waals surface area contributed by atoms with E-state index < -0.39 is 10.0 Å². The zero-order valence-electron chi connectivity index (χ0n) is 10.6. The van der Waals surface area contributed by atoms with E-state index in [0.717, 1.165) is 18.4 Å². The maximum Gasteiger partial charge on any atom is 0.211 e. The van der Waals surface area contributed by atoms with Gasteiger partial charge in [-0.1, -0.05) is 18.2 Å². The smallest absolute Gasteiger partial charge is 0.211 e. The molecular formula is C13H19NO2S. The van der Waals surface area contributed by atoms with Gasteiger partial charge >= 0.3 is 0 Å². The first-order valence-corrected chi connectivity index (χ1v) is 7.75. The van der Waals surface area contributed by atoms with Gasteiger partial charge in [0, 0.05) is 12.6 Å². The first-order valence-electron chi connectivity index (χ1n) is 5.91. The molecule has 0 atom stereocenters. The predicted octanol–water partition coefficient (Wildman–Crippen LogP) is 2.23. The van der Waals surface area contributed by atoms with Crippen molar-refractivity contribution < 1.29 is 8.42 Å². The summed E-state index contributed by atoms with van der Waals surface area (Å²) >= 11 is 0. The van der Waals surface area contributed by atoms with Crippen LogP contribution in [-0.4, -0.2) is 25.0 Å². The molecule has 0 unspecified atom stereocenters. The quantitative estimate of drug-likeness (QED) is 0.825. The third-order valence-electron chi connectivity index (χ3n) is 3.29. The Hall–Kier alpha value is -0.870. The molecule has 0 heterocycles. The molecule has 0 spiro atoms. The van der Waals surface area contributed by atoms with Crippen molar-refractivity contribution in [1.82, 2.24) is 4.31 Å². The molecule has 1 fully saturated rings. The van der Waals surface area contributed by atoms with Gasteiger partial charge in [-0.3, -0.25) is 0 Å². The summed E-state index contributed by atoms with van der Waals surface area (Å²) in [5.41, 5.74) is 3.53. The third kappa shape index (κ3) is 3.07. The Morgan fingerprint density at radius 3 is 2.35 bits per heavy atom. The minimum Gasteiger partial charge on any atom is -0.212 e. The van der Waals surface area contributed by atoms with Crippen LogP contribution in [0.2, 0.25) is 0 Å². The molecule has 4 heteroatoms. The van der Waals surface area contributed by atoms with Crippen LogP contribution in [0.1, 0.15) is 29.5 Å². The van der Waals surface area contributed by atoms with Crippen molar-refractivity contribution in [2.24, 2.45) is 0 Å². The minimum absolute atomic E-state index is 0.228. The lowest BCUT2D eigenvalue weighted by Gasteiger charge is -2.19. The Kier molecular flexibility index (Phi) is 3.27. The summed E-state index contributed by atoms with van der Waals surface area (Å²) in [6.07, 6.45) is 3.29. The number of sulfonamides is 1. The van der Waals surface area contributed by atoms with Gasteiger partial charge in [0.15, 0.2) is 0 Å². The first-order chi connectivity index (χ1) is 7.88. The third-order valence-corrected chi connectivity index (χ3v) is 4.57. The van der Waals surface area contributed by atoms with Crippen LogP contribution in [0, 0.1) is 13.8 Å². The maximum atomic E-state index is 11.7. The van der Waals surface area contributed by atoms with E-state index in [9.17, 15) is 8.42 Å². The minimum atomic E-state index is -3.09. The van der Waals surface area contributed by atoms with Crippen LogP contribution >= 0.6 is 0 Å². The fourth-order valence-corrected chi connectivity index (χ4v) is 3.10. The van der Waals surface area contributed by atoms with Crippen molar-refractivity contribution in [1.29, 1.82) is 0 Å². The summed E-state index contributed by atoms with van der Waals surface area (Å²) in [5, 5.41) is 0. The van der Waals surface area contributed by atoms with Gasteiger partial charge in [-0.15, -0.1) is 0 Å². The van der Waals surface area contributed by atoms with E-state index in [1.165, 1.54) is 17.4 Å². The molecule has 94 valence electrons. The van der Waals surface area contributed by atoms with Crippen LogP contribution < -0.4 is 0 Å². The van der Waals surface area contributed by atoms with Crippen molar-refractivity contribution in [2.45, 2.75) is 39.3 Å². The molecule has 0 radical (unpaired) electrons. The second-order valence-corrected chi connectivity index (χ2v) is 6.89. The Bertz CT molecular complexity index is 518.